The summed E-state index contributed by atoms with van der Waals surface area (Å²) in [6.07, 6.45) is 6.11. The molecule has 3 aromatic heterocycles. The molecule has 8 nitrogen and oxygen atoms in total. The van der Waals surface area contributed by atoms with Crippen LogP contribution in [0.15, 0.2) is 55.0 Å². The van der Waals surface area contributed by atoms with Crippen molar-refractivity contribution in [1.82, 2.24) is 25.1 Å². The summed E-state index contributed by atoms with van der Waals surface area (Å²) in [5, 5.41) is 13.2. The van der Waals surface area contributed by atoms with Crippen LogP contribution in [0.3, 0.4) is 0 Å². The first-order chi connectivity index (χ1) is 14.7. The first-order valence-corrected chi connectivity index (χ1v) is 10.4. The fraction of sp³-hybridized carbons (Fsp3) is 0.190. The number of carbonyl (C=O) groups excluding carboxylic acids is 2. The monoisotopic (exact) mass is 418 g/mol. The first kappa shape index (κ1) is 18.4. The van der Waals surface area contributed by atoms with E-state index in [9.17, 15) is 9.59 Å². The molecule has 4 heterocycles. The van der Waals surface area contributed by atoms with Crippen molar-refractivity contribution >= 4 is 39.2 Å². The van der Waals surface area contributed by atoms with Crippen molar-refractivity contribution in [2.75, 3.05) is 5.32 Å². The fourth-order valence-corrected chi connectivity index (χ4v) is 4.48. The zero-order chi connectivity index (χ0) is 20.5. The van der Waals surface area contributed by atoms with E-state index in [1.807, 2.05) is 42.6 Å². The summed E-state index contributed by atoms with van der Waals surface area (Å²) in [4.78, 5) is 34.3. The van der Waals surface area contributed by atoms with Gasteiger partial charge in [-0.1, -0.05) is 29.5 Å². The quantitative estimate of drug-likeness (QED) is 0.518. The molecule has 1 aliphatic heterocycles. The van der Waals surface area contributed by atoms with Crippen LogP contribution in [-0.4, -0.2) is 42.9 Å². The Kier molecular flexibility index (Phi) is 4.72. The Balaban J connectivity index is 1.32. The lowest BCUT2D eigenvalue weighted by atomic mass is 10.1. The number of pyridine rings is 1. The van der Waals surface area contributed by atoms with Crippen LogP contribution >= 0.6 is 11.3 Å². The zero-order valence-corrected chi connectivity index (χ0v) is 16.7. The van der Waals surface area contributed by atoms with E-state index in [4.69, 9.17) is 0 Å². The number of anilines is 1. The number of rotatable bonds is 5. The normalized spacial score (nSPS) is 16.3. The van der Waals surface area contributed by atoms with Gasteiger partial charge in [-0.15, -0.1) is 10.2 Å². The molecule has 1 atom stereocenters. The van der Waals surface area contributed by atoms with Gasteiger partial charge in [-0.25, -0.2) is 0 Å². The van der Waals surface area contributed by atoms with Gasteiger partial charge < -0.3 is 9.88 Å². The minimum Gasteiger partial charge on any atom is -0.361 e. The van der Waals surface area contributed by atoms with Gasteiger partial charge in [-0.3, -0.25) is 19.9 Å². The number of hydrogen-bond donors (Lipinski definition) is 2. The predicted molar refractivity (Wildman–Crippen MR) is 114 cm³/mol. The van der Waals surface area contributed by atoms with E-state index in [0.717, 1.165) is 22.0 Å². The van der Waals surface area contributed by atoms with Gasteiger partial charge in [-0.2, -0.15) is 0 Å². The second kappa shape index (κ2) is 7.68. The number of aromatic nitrogens is 4. The molecule has 0 bridgehead atoms. The summed E-state index contributed by atoms with van der Waals surface area (Å²) in [6.45, 7) is 0.388. The average molecular weight is 418 g/mol. The van der Waals surface area contributed by atoms with Gasteiger partial charge in [-0.05, 0) is 30.2 Å². The Morgan fingerprint density at radius 2 is 2.03 bits per heavy atom. The van der Waals surface area contributed by atoms with Crippen LogP contribution in [0, 0.1) is 0 Å². The second-order valence-corrected chi connectivity index (χ2v) is 8.05. The molecule has 150 valence electrons. The van der Waals surface area contributed by atoms with Crippen LogP contribution in [0.2, 0.25) is 0 Å². The van der Waals surface area contributed by atoms with Crippen LogP contribution in [0.1, 0.15) is 18.4 Å². The second-order valence-electron chi connectivity index (χ2n) is 7.07. The van der Waals surface area contributed by atoms with E-state index in [1.165, 1.54) is 11.3 Å². The number of likely N-dealkylation sites (tertiary alicyclic amines) is 1. The third kappa shape index (κ3) is 3.43. The number of hydrogen-bond acceptors (Lipinski definition) is 6. The largest absolute Gasteiger partial charge is 0.361 e. The molecule has 1 aromatic carbocycles. The maximum atomic E-state index is 12.9. The highest BCUT2D eigenvalue weighted by Gasteiger charge is 2.36. The molecule has 0 radical (unpaired) electrons. The number of amides is 2. The molecule has 5 rings (SSSR count). The number of nitrogens with zero attached hydrogens (tertiary/aromatic N) is 4. The van der Waals surface area contributed by atoms with Crippen molar-refractivity contribution in [3.8, 4) is 10.6 Å². The van der Waals surface area contributed by atoms with Crippen molar-refractivity contribution in [1.29, 1.82) is 0 Å². The molecular formula is C21H18N6O2S. The lowest BCUT2D eigenvalue weighted by Crippen LogP contribution is -2.41. The molecule has 1 fully saturated rings. The summed E-state index contributed by atoms with van der Waals surface area (Å²) < 4.78 is 0. The SMILES string of the molecule is O=C(Nc1nnc(-c2ccncc2)s1)C1CCC(=O)N1Cc1c[nH]c2ccccc12. The number of para-hydroxylation sites is 1. The number of aromatic amines is 1. The highest BCUT2D eigenvalue weighted by molar-refractivity contribution is 7.18. The fourth-order valence-electron chi connectivity index (χ4n) is 3.72. The predicted octanol–water partition coefficient (Wildman–Crippen LogP) is 3.21. The lowest BCUT2D eigenvalue weighted by Gasteiger charge is -2.23. The van der Waals surface area contributed by atoms with E-state index in [1.54, 1.807) is 17.3 Å². The Hall–Kier alpha value is -3.59. The molecular weight excluding hydrogens is 400 g/mol. The topological polar surface area (TPSA) is 104 Å². The van der Waals surface area contributed by atoms with E-state index in [0.29, 0.717) is 29.5 Å². The molecule has 1 aliphatic rings. The maximum Gasteiger partial charge on any atom is 0.249 e. The van der Waals surface area contributed by atoms with E-state index in [2.05, 4.69) is 25.5 Å². The van der Waals surface area contributed by atoms with Gasteiger partial charge in [0.05, 0.1) is 0 Å². The van der Waals surface area contributed by atoms with Gasteiger partial charge in [0.25, 0.3) is 0 Å². The Morgan fingerprint density at radius 3 is 2.90 bits per heavy atom. The molecule has 9 heteroatoms. The van der Waals surface area contributed by atoms with Gasteiger partial charge in [0.2, 0.25) is 16.9 Å². The summed E-state index contributed by atoms with van der Waals surface area (Å²) in [5.41, 5.74) is 2.90. The summed E-state index contributed by atoms with van der Waals surface area (Å²) in [5.74, 6) is -0.256. The van der Waals surface area contributed by atoms with Crippen LogP contribution < -0.4 is 5.32 Å². The van der Waals surface area contributed by atoms with Crippen molar-refractivity contribution in [3.63, 3.8) is 0 Å². The van der Waals surface area contributed by atoms with Gasteiger partial charge in [0, 0.05) is 48.0 Å². The molecule has 1 unspecified atom stereocenters. The van der Waals surface area contributed by atoms with Crippen molar-refractivity contribution in [2.24, 2.45) is 0 Å². The first-order valence-electron chi connectivity index (χ1n) is 9.58. The molecule has 0 spiro atoms. The van der Waals surface area contributed by atoms with Crippen molar-refractivity contribution in [2.45, 2.75) is 25.4 Å². The standard InChI is InChI=1S/C21H18N6O2S/c28-18-6-5-17(27(18)12-14-11-23-16-4-2-1-3-15(14)16)19(29)24-21-26-25-20(30-21)13-7-9-22-10-8-13/h1-4,7-11,17,23H,5-6,12H2,(H,24,26,29). The number of H-pyrrole nitrogens is 1. The third-order valence-electron chi connectivity index (χ3n) is 5.23. The van der Waals surface area contributed by atoms with Gasteiger partial charge >= 0.3 is 0 Å². The lowest BCUT2D eigenvalue weighted by molar-refractivity contribution is -0.133. The summed E-state index contributed by atoms with van der Waals surface area (Å²) in [7, 11) is 0. The highest BCUT2D eigenvalue weighted by atomic mass is 32.1. The van der Waals surface area contributed by atoms with Crippen molar-refractivity contribution in [3.05, 3.63) is 60.6 Å². The molecule has 4 aromatic rings. The van der Waals surface area contributed by atoms with Crippen LogP contribution in [0.4, 0.5) is 5.13 Å². The van der Waals surface area contributed by atoms with E-state index in [-0.39, 0.29) is 11.8 Å². The van der Waals surface area contributed by atoms with Crippen LogP contribution in [0.25, 0.3) is 21.5 Å². The highest BCUT2D eigenvalue weighted by Crippen LogP contribution is 2.28. The third-order valence-corrected chi connectivity index (χ3v) is 6.12. The molecule has 2 amide bonds. The van der Waals surface area contributed by atoms with E-state index >= 15 is 0 Å². The number of benzene rings is 1. The Bertz CT molecular complexity index is 1220. The van der Waals surface area contributed by atoms with Gasteiger partial charge in [0.15, 0.2) is 0 Å². The van der Waals surface area contributed by atoms with Crippen molar-refractivity contribution < 1.29 is 9.59 Å². The summed E-state index contributed by atoms with van der Waals surface area (Å²) in [6, 6.07) is 11.1. The molecule has 1 saturated heterocycles. The Labute approximate surface area is 176 Å². The molecule has 30 heavy (non-hydrogen) atoms. The zero-order valence-electron chi connectivity index (χ0n) is 15.9. The Morgan fingerprint density at radius 1 is 1.20 bits per heavy atom. The summed E-state index contributed by atoms with van der Waals surface area (Å²) >= 11 is 1.29. The number of fused-ring (bicyclic) bond motifs is 1. The molecule has 0 aliphatic carbocycles. The smallest absolute Gasteiger partial charge is 0.249 e. The van der Waals surface area contributed by atoms with Crippen LogP contribution in [0.5, 0.6) is 0 Å². The number of carbonyl (C=O) groups is 2. The minimum atomic E-state index is -0.528. The average Bonchev–Trinajstić information content (AvgIpc) is 3.49. The van der Waals surface area contributed by atoms with Gasteiger partial charge in [0.1, 0.15) is 11.0 Å². The molecule has 0 saturated carbocycles. The molecule has 2 N–H and O–H groups in total. The maximum absolute atomic E-state index is 12.9. The van der Waals surface area contributed by atoms with E-state index < -0.39 is 6.04 Å². The minimum absolute atomic E-state index is 0.0184. The van der Waals surface area contributed by atoms with Crippen LogP contribution in [-0.2, 0) is 16.1 Å². The number of nitrogens with one attached hydrogen (secondary N) is 2.